The molecule has 0 atom stereocenters. The first kappa shape index (κ1) is 16.6. The van der Waals surface area contributed by atoms with Gasteiger partial charge in [0, 0.05) is 24.4 Å². The normalized spacial score (nSPS) is 10.7. The average Bonchev–Trinajstić information content (AvgIpc) is 2.67. The highest BCUT2D eigenvalue weighted by molar-refractivity contribution is 5.87. The van der Waals surface area contributed by atoms with Crippen molar-refractivity contribution in [3.8, 4) is 11.6 Å². The van der Waals surface area contributed by atoms with Gasteiger partial charge in [0.1, 0.15) is 29.5 Å². The van der Waals surface area contributed by atoms with E-state index in [0.29, 0.717) is 35.5 Å². The Kier molecular flexibility index (Phi) is 4.44. The fourth-order valence-corrected chi connectivity index (χ4v) is 2.57. The molecule has 0 saturated carbocycles. The second kappa shape index (κ2) is 7.20. The largest absolute Gasteiger partial charge is 0.439 e. The molecule has 0 saturated heterocycles. The van der Waals surface area contributed by atoms with Gasteiger partial charge in [0.2, 0.25) is 5.88 Å². The van der Waals surface area contributed by atoms with Crippen LogP contribution in [0, 0.1) is 5.82 Å². The smallest absolute Gasteiger partial charge is 0.224 e. The fourth-order valence-electron chi connectivity index (χ4n) is 2.57. The molecule has 0 spiro atoms. The van der Waals surface area contributed by atoms with E-state index in [9.17, 15) is 4.39 Å². The van der Waals surface area contributed by atoms with Gasteiger partial charge in [0.15, 0.2) is 5.65 Å². The molecule has 7 nitrogen and oxygen atoms in total. The Balaban J connectivity index is 1.57. The van der Waals surface area contributed by atoms with Crippen molar-refractivity contribution in [1.82, 2.24) is 19.9 Å². The van der Waals surface area contributed by atoms with Gasteiger partial charge in [-0.3, -0.25) is 0 Å². The predicted octanol–water partition coefficient (Wildman–Crippen LogP) is 3.55. The van der Waals surface area contributed by atoms with Gasteiger partial charge in [-0.1, -0.05) is 12.1 Å². The minimum Gasteiger partial charge on any atom is -0.439 e. The van der Waals surface area contributed by atoms with Gasteiger partial charge in [0.05, 0.1) is 5.39 Å². The quantitative estimate of drug-likeness (QED) is 0.560. The summed E-state index contributed by atoms with van der Waals surface area (Å²) in [5, 5.41) is 3.99. The highest BCUT2D eigenvalue weighted by atomic mass is 19.1. The number of benzene rings is 1. The molecule has 134 valence electrons. The molecule has 3 heterocycles. The predicted molar refractivity (Wildman–Crippen MR) is 99.8 cm³/mol. The summed E-state index contributed by atoms with van der Waals surface area (Å²) in [6.45, 7) is 0.398. The van der Waals surface area contributed by atoms with E-state index in [4.69, 9.17) is 10.5 Å². The van der Waals surface area contributed by atoms with E-state index in [2.05, 4.69) is 25.3 Å². The van der Waals surface area contributed by atoms with Crippen molar-refractivity contribution < 1.29 is 9.13 Å². The monoisotopic (exact) mass is 362 g/mol. The summed E-state index contributed by atoms with van der Waals surface area (Å²) < 4.78 is 19.1. The lowest BCUT2D eigenvalue weighted by atomic mass is 10.2. The van der Waals surface area contributed by atoms with Crippen LogP contribution in [0.15, 0.2) is 61.1 Å². The van der Waals surface area contributed by atoms with Gasteiger partial charge in [-0.15, -0.1) is 0 Å². The first-order valence-electron chi connectivity index (χ1n) is 8.17. The minimum atomic E-state index is -0.373. The van der Waals surface area contributed by atoms with Crippen molar-refractivity contribution >= 4 is 22.7 Å². The molecule has 4 aromatic rings. The molecule has 0 radical (unpaired) electrons. The summed E-state index contributed by atoms with van der Waals surface area (Å²) in [4.78, 5) is 16.8. The first-order valence-corrected chi connectivity index (χ1v) is 8.17. The molecule has 0 aliphatic carbocycles. The van der Waals surface area contributed by atoms with Gasteiger partial charge < -0.3 is 15.8 Å². The van der Waals surface area contributed by atoms with Gasteiger partial charge in [-0.25, -0.2) is 24.3 Å². The molecule has 0 aliphatic rings. The zero-order valence-electron chi connectivity index (χ0n) is 14.1. The van der Waals surface area contributed by atoms with E-state index in [1.165, 1.54) is 18.5 Å². The van der Waals surface area contributed by atoms with Crippen molar-refractivity contribution in [3.05, 3.63) is 72.4 Å². The Morgan fingerprint density at radius 2 is 1.96 bits per heavy atom. The van der Waals surface area contributed by atoms with Crippen LogP contribution in [0.25, 0.3) is 11.0 Å². The third kappa shape index (κ3) is 3.74. The molecule has 8 heteroatoms. The number of pyridine rings is 2. The minimum absolute atomic E-state index is 0.373. The van der Waals surface area contributed by atoms with Crippen LogP contribution >= 0.6 is 0 Å². The van der Waals surface area contributed by atoms with Crippen LogP contribution < -0.4 is 15.8 Å². The number of anilines is 2. The van der Waals surface area contributed by atoms with Crippen LogP contribution in [0.2, 0.25) is 0 Å². The third-order valence-electron chi connectivity index (χ3n) is 3.83. The van der Waals surface area contributed by atoms with E-state index in [1.807, 2.05) is 12.1 Å². The number of nitrogens with zero attached hydrogens (tertiary/aromatic N) is 4. The Hall–Kier alpha value is -3.81. The molecule has 4 rings (SSSR count). The standard InChI is InChI=1S/C19H15FN6O/c20-13-4-1-5-14(9-13)27-19-12(3-2-8-22-19)10-23-17-15-6-7-16(21)26-18(15)25-11-24-17/h1-9,11H,10H2,(H3,21,23,24,25,26). The summed E-state index contributed by atoms with van der Waals surface area (Å²) in [6.07, 6.45) is 3.04. The van der Waals surface area contributed by atoms with E-state index in [1.54, 1.807) is 30.5 Å². The number of nitrogen functional groups attached to an aromatic ring is 1. The topological polar surface area (TPSA) is 98.8 Å². The molecule has 0 aliphatic heterocycles. The van der Waals surface area contributed by atoms with Crippen LogP contribution in [-0.2, 0) is 6.54 Å². The molecule has 1 aromatic carbocycles. The van der Waals surface area contributed by atoms with Gasteiger partial charge in [-0.2, -0.15) is 0 Å². The highest BCUT2D eigenvalue weighted by Gasteiger charge is 2.09. The maximum Gasteiger partial charge on any atom is 0.224 e. The SMILES string of the molecule is Nc1ccc2c(NCc3cccnc3Oc3cccc(F)c3)ncnc2n1. The number of hydrogen-bond acceptors (Lipinski definition) is 7. The molecule has 0 fully saturated rings. The zero-order chi connectivity index (χ0) is 18.6. The molecular formula is C19H15FN6O. The Morgan fingerprint density at radius 3 is 2.85 bits per heavy atom. The molecule has 0 unspecified atom stereocenters. The lowest BCUT2D eigenvalue weighted by Gasteiger charge is -2.12. The van der Waals surface area contributed by atoms with Crippen LogP contribution in [-0.4, -0.2) is 19.9 Å². The molecule has 3 aromatic heterocycles. The van der Waals surface area contributed by atoms with Crippen LogP contribution in [0.4, 0.5) is 16.0 Å². The van der Waals surface area contributed by atoms with Crippen LogP contribution in [0.1, 0.15) is 5.56 Å². The van der Waals surface area contributed by atoms with E-state index in [-0.39, 0.29) is 5.82 Å². The number of ether oxygens (including phenoxy) is 1. The van der Waals surface area contributed by atoms with Crippen molar-refractivity contribution in [3.63, 3.8) is 0 Å². The first-order chi connectivity index (χ1) is 13.2. The Labute approximate surface area is 154 Å². The molecular weight excluding hydrogens is 347 g/mol. The molecule has 0 bridgehead atoms. The molecule has 27 heavy (non-hydrogen) atoms. The summed E-state index contributed by atoms with van der Waals surface area (Å²) in [6, 6.07) is 13.1. The lowest BCUT2D eigenvalue weighted by molar-refractivity contribution is 0.452. The number of rotatable bonds is 5. The van der Waals surface area contributed by atoms with Crippen molar-refractivity contribution in [2.24, 2.45) is 0 Å². The number of halogens is 1. The van der Waals surface area contributed by atoms with Gasteiger partial charge in [-0.05, 0) is 30.3 Å². The second-order valence-corrected chi connectivity index (χ2v) is 5.71. The van der Waals surface area contributed by atoms with Crippen molar-refractivity contribution in [2.45, 2.75) is 6.54 Å². The third-order valence-corrected chi connectivity index (χ3v) is 3.83. The summed E-state index contributed by atoms with van der Waals surface area (Å²) >= 11 is 0. The zero-order valence-corrected chi connectivity index (χ0v) is 14.1. The van der Waals surface area contributed by atoms with Gasteiger partial charge >= 0.3 is 0 Å². The lowest BCUT2D eigenvalue weighted by Crippen LogP contribution is -2.05. The fraction of sp³-hybridized carbons (Fsp3) is 0.0526. The van der Waals surface area contributed by atoms with E-state index < -0.39 is 0 Å². The Morgan fingerprint density at radius 1 is 1.04 bits per heavy atom. The second-order valence-electron chi connectivity index (χ2n) is 5.71. The summed E-state index contributed by atoms with van der Waals surface area (Å²) in [5.74, 6) is 1.40. The number of hydrogen-bond donors (Lipinski definition) is 2. The van der Waals surface area contributed by atoms with E-state index in [0.717, 1.165) is 10.9 Å². The summed E-state index contributed by atoms with van der Waals surface area (Å²) in [7, 11) is 0. The average molecular weight is 362 g/mol. The maximum atomic E-state index is 13.4. The molecule has 0 amide bonds. The van der Waals surface area contributed by atoms with Crippen molar-refractivity contribution in [2.75, 3.05) is 11.1 Å². The van der Waals surface area contributed by atoms with Gasteiger partial charge in [0.25, 0.3) is 0 Å². The van der Waals surface area contributed by atoms with Crippen LogP contribution in [0.5, 0.6) is 11.6 Å². The number of nitrogens with two attached hydrogens (primary N) is 1. The number of aromatic nitrogens is 4. The van der Waals surface area contributed by atoms with E-state index >= 15 is 0 Å². The highest BCUT2D eigenvalue weighted by Crippen LogP contribution is 2.25. The Bertz CT molecular complexity index is 1100. The number of nitrogens with one attached hydrogen (secondary N) is 1. The van der Waals surface area contributed by atoms with Crippen molar-refractivity contribution in [1.29, 1.82) is 0 Å². The maximum absolute atomic E-state index is 13.4. The van der Waals surface area contributed by atoms with Crippen LogP contribution in [0.3, 0.4) is 0 Å². The molecule has 3 N–H and O–H groups in total. The summed E-state index contributed by atoms with van der Waals surface area (Å²) in [5.41, 5.74) is 7.00. The number of fused-ring (bicyclic) bond motifs is 1.